The van der Waals surface area contributed by atoms with Crippen molar-refractivity contribution >= 4 is 11.4 Å². The van der Waals surface area contributed by atoms with Crippen molar-refractivity contribution < 1.29 is 5.11 Å². The van der Waals surface area contributed by atoms with Gasteiger partial charge < -0.3 is 5.11 Å². The Bertz CT molecular complexity index is 952. The average molecular weight is 326 g/mol. The van der Waals surface area contributed by atoms with E-state index >= 15 is 0 Å². The lowest BCUT2D eigenvalue weighted by atomic mass is 9.85. The Kier molecular flexibility index (Phi) is 3.06. The molecule has 0 fully saturated rings. The third kappa shape index (κ3) is 2.06. The monoisotopic (exact) mass is 326 g/mol. The van der Waals surface area contributed by atoms with Gasteiger partial charge in [-0.3, -0.25) is 5.01 Å². The van der Waals surface area contributed by atoms with E-state index in [4.69, 9.17) is 5.10 Å². The smallest absolute Gasteiger partial charge is 0.139 e. The summed E-state index contributed by atoms with van der Waals surface area (Å²) in [4.78, 5) is 0. The summed E-state index contributed by atoms with van der Waals surface area (Å²) in [6.45, 7) is 0. The van der Waals surface area contributed by atoms with Gasteiger partial charge >= 0.3 is 0 Å². The molecule has 3 heteroatoms. The van der Waals surface area contributed by atoms with Crippen LogP contribution < -0.4 is 5.01 Å². The fourth-order valence-electron chi connectivity index (χ4n) is 4.09. The highest BCUT2D eigenvalue weighted by molar-refractivity contribution is 6.13. The molecular weight excluding hydrogens is 308 g/mol. The lowest BCUT2D eigenvalue weighted by Gasteiger charge is -2.33. The summed E-state index contributed by atoms with van der Waals surface area (Å²) in [5.41, 5.74) is 4.05. The van der Waals surface area contributed by atoms with E-state index < -0.39 is 5.60 Å². The van der Waals surface area contributed by atoms with Crippen LogP contribution in [0.4, 0.5) is 5.69 Å². The van der Waals surface area contributed by atoms with Gasteiger partial charge in [0.15, 0.2) is 0 Å². The van der Waals surface area contributed by atoms with Crippen molar-refractivity contribution in [3.63, 3.8) is 0 Å². The van der Waals surface area contributed by atoms with Crippen LogP contribution in [0, 0.1) is 0 Å². The van der Waals surface area contributed by atoms with Gasteiger partial charge in [-0.25, -0.2) is 0 Å². The summed E-state index contributed by atoms with van der Waals surface area (Å²) < 4.78 is 0. The fraction of sp³-hybridized carbons (Fsp3) is 0.136. The maximum Gasteiger partial charge on any atom is 0.139 e. The normalized spacial score (nSPS) is 24.0. The lowest BCUT2D eigenvalue weighted by Crippen LogP contribution is -2.43. The van der Waals surface area contributed by atoms with Gasteiger partial charge in [-0.15, -0.1) is 0 Å². The number of para-hydroxylation sites is 1. The molecule has 0 aromatic heterocycles. The van der Waals surface area contributed by atoms with Gasteiger partial charge in [-0.2, -0.15) is 5.10 Å². The Morgan fingerprint density at radius 1 is 0.840 bits per heavy atom. The highest BCUT2D eigenvalue weighted by Gasteiger charge is 2.55. The Morgan fingerprint density at radius 3 is 2.24 bits per heavy atom. The lowest BCUT2D eigenvalue weighted by molar-refractivity contribution is 0.0956. The molecule has 3 aromatic rings. The number of benzene rings is 3. The van der Waals surface area contributed by atoms with Gasteiger partial charge in [0.1, 0.15) is 17.4 Å². The maximum absolute atomic E-state index is 11.7. The van der Waals surface area contributed by atoms with E-state index in [1.54, 1.807) is 0 Å². The number of fused-ring (bicyclic) bond motifs is 3. The minimum atomic E-state index is -1.01. The predicted octanol–water partition coefficient (Wildman–Crippen LogP) is 3.94. The molecule has 1 aliphatic carbocycles. The van der Waals surface area contributed by atoms with Crippen molar-refractivity contribution in [2.24, 2.45) is 5.10 Å². The number of hydrogen-bond acceptors (Lipinski definition) is 3. The molecule has 5 rings (SSSR count). The average Bonchev–Trinajstić information content (AvgIpc) is 3.11. The molecule has 0 unspecified atom stereocenters. The van der Waals surface area contributed by atoms with Crippen LogP contribution in [0.2, 0.25) is 0 Å². The fourth-order valence-corrected chi connectivity index (χ4v) is 4.09. The summed E-state index contributed by atoms with van der Waals surface area (Å²) in [5, 5.41) is 18.6. The quantitative estimate of drug-likeness (QED) is 0.774. The minimum Gasteiger partial charge on any atom is -0.380 e. The molecule has 3 nitrogen and oxygen atoms in total. The Labute approximate surface area is 146 Å². The summed E-state index contributed by atoms with van der Waals surface area (Å²) in [6, 6.07) is 28.2. The van der Waals surface area contributed by atoms with Gasteiger partial charge in [0, 0.05) is 12.0 Å². The molecule has 0 saturated heterocycles. The minimum absolute atomic E-state index is 0.238. The molecule has 0 spiro atoms. The van der Waals surface area contributed by atoms with Crippen LogP contribution in [0.15, 0.2) is 90.0 Å². The number of anilines is 1. The van der Waals surface area contributed by atoms with Crippen molar-refractivity contribution in [2.45, 2.75) is 18.1 Å². The summed E-state index contributed by atoms with van der Waals surface area (Å²) in [6.07, 6.45) is 0.588. The van der Waals surface area contributed by atoms with Crippen molar-refractivity contribution in [3.8, 4) is 0 Å². The van der Waals surface area contributed by atoms with E-state index in [1.807, 2.05) is 65.7 Å². The third-order valence-electron chi connectivity index (χ3n) is 5.18. The van der Waals surface area contributed by atoms with E-state index in [-0.39, 0.29) is 6.04 Å². The largest absolute Gasteiger partial charge is 0.380 e. The van der Waals surface area contributed by atoms with Gasteiger partial charge in [-0.1, -0.05) is 72.8 Å². The Morgan fingerprint density at radius 2 is 1.48 bits per heavy atom. The van der Waals surface area contributed by atoms with Gasteiger partial charge in [-0.05, 0) is 23.3 Å². The van der Waals surface area contributed by atoms with Crippen molar-refractivity contribution in [3.05, 3.63) is 102 Å². The second-order valence-electron chi connectivity index (χ2n) is 6.70. The number of hydrazone groups is 1. The highest BCUT2D eigenvalue weighted by Crippen LogP contribution is 2.48. The first kappa shape index (κ1) is 14.4. The van der Waals surface area contributed by atoms with Gasteiger partial charge in [0.2, 0.25) is 0 Å². The van der Waals surface area contributed by atoms with Crippen LogP contribution in [0.25, 0.3) is 0 Å². The number of hydrogen-bond donors (Lipinski definition) is 1. The molecule has 0 radical (unpaired) electrons. The van der Waals surface area contributed by atoms with E-state index in [0.29, 0.717) is 6.42 Å². The second-order valence-corrected chi connectivity index (χ2v) is 6.70. The molecule has 1 aliphatic heterocycles. The zero-order chi connectivity index (χ0) is 16.9. The molecule has 0 amide bonds. The number of nitrogens with zero attached hydrogens (tertiary/aromatic N) is 2. The van der Waals surface area contributed by atoms with E-state index in [9.17, 15) is 5.11 Å². The second kappa shape index (κ2) is 5.30. The third-order valence-corrected chi connectivity index (χ3v) is 5.18. The first-order chi connectivity index (χ1) is 12.3. The molecule has 0 saturated carbocycles. The topological polar surface area (TPSA) is 35.8 Å². The SMILES string of the molecule is O[C@]12Cc3ccccc3C1=NN(c1ccccc1)[C@H]2c1ccccc1. The van der Waals surface area contributed by atoms with Crippen LogP contribution >= 0.6 is 0 Å². The van der Waals surface area contributed by atoms with Crippen LogP contribution in [0.5, 0.6) is 0 Å². The molecule has 2 atom stereocenters. The van der Waals surface area contributed by atoms with Crippen LogP contribution in [0.3, 0.4) is 0 Å². The first-order valence-corrected chi connectivity index (χ1v) is 8.56. The molecular formula is C22H18N2O. The molecule has 25 heavy (non-hydrogen) atoms. The van der Waals surface area contributed by atoms with Gasteiger partial charge in [0.25, 0.3) is 0 Å². The van der Waals surface area contributed by atoms with E-state index in [0.717, 1.165) is 28.1 Å². The zero-order valence-electron chi connectivity index (χ0n) is 13.7. The Hall–Kier alpha value is -2.91. The zero-order valence-corrected chi connectivity index (χ0v) is 13.7. The van der Waals surface area contributed by atoms with E-state index in [2.05, 4.69) is 24.3 Å². The summed E-state index contributed by atoms with van der Waals surface area (Å²) in [5.74, 6) is 0. The first-order valence-electron chi connectivity index (χ1n) is 8.56. The highest BCUT2D eigenvalue weighted by atomic mass is 16.3. The predicted molar refractivity (Wildman–Crippen MR) is 99.7 cm³/mol. The number of rotatable bonds is 2. The van der Waals surface area contributed by atoms with E-state index in [1.165, 1.54) is 0 Å². The standard InChI is InChI=1S/C22H18N2O/c25-22-15-17-11-7-8-14-19(17)20(22)23-24(18-12-5-2-6-13-18)21(22)16-9-3-1-4-10-16/h1-14,21,25H,15H2/t21-,22+/m0/s1. The Balaban J connectivity index is 1.71. The van der Waals surface area contributed by atoms with Gasteiger partial charge in [0.05, 0.1) is 5.69 Å². The summed E-state index contributed by atoms with van der Waals surface area (Å²) in [7, 11) is 0. The van der Waals surface area contributed by atoms with Crippen LogP contribution in [0.1, 0.15) is 22.7 Å². The molecule has 122 valence electrons. The molecule has 0 bridgehead atoms. The molecule has 1 N–H and O–H groups in total. The van der Waals surface area contributed by atoms with Crippen molar-refractivity contribution in [1.82, 2.24) is 0 Å². The molecule has 3 aromatic carbocycles. The van der Waals surface area contributed by atoms with Crippen LogP contribution in [-0.2, 0) is 6.42 Å². The maximum atomic E-state index is 11.7. The van der Waals surface area contributed by atoms with Crippen molar-refractivity contribution in [1.29, 1.82) is 0 Å². The number of aliphatic hydroxyl groups is 1. The van der Waals surface area contributed by atoms with Crippen LogP contribution in [-0.4, -0.2) is 16.4 Å². The molecule has 2 aliphatic rings. The van der Waals surface area contributed by atoms with Crippen molar-refractivity contribution in [2.75, 3.05) is 5.01 Å². The summed E-state index contributed by atoms with van der Waals surface area (Å²) >= 11 is 0. The molecule has 1 heterocycles.